The van der Waals surface area contributed by atoms with Gasteiger partial charge in [0.05, 0.1) is 13.2 Å². The number of rotatable bonds is 10. The smallest absolute Gasteiger partial charge is 0.377 e. The number of ketones is 1. The maximum absolute atomic E-state index is 14.1. The number of Topliss-reactive ketones (excluding diaryl/α,β-unsaturated/α-hetero) is 1. The predicted octanol–water partition coefficient (Wildman–Crippen LogP) is 3.45. The number of carboxylic acids is 1. The largest absolute Gasteiger partial charge is 0.490 e. The molecule has 122 valence electrons. The van der Waals surface area contributed by atoms with Crippen LogP contribution in [0.25, 0.3) is 0 Å². The second kappa shape index (κ2) is 9.02. The number of carbonyl (C=O) groups excluding carboxylic acids is 1. The molecule has 0 saturated carbocycles. The van der Waals surface area contributed by atoms with Crippen LogP contribution >= 0.6 is 0 Å². The van der Waals surface area contributed by atoms with Crippen LogP contribution in [0.3, 0.4) is 0 Å². The first-order valence-corrected chi connectivity index (χ1v) is 7.38. The van der Waals surface area contributed by atoms with Gasteiger partial charge in [0, 0.05) is 5.56 Å². The average Bonchev–Trinajstić information content (AvgIpc) is 2.48. The van der Waals surface area contributed by atoms with Crippen molar-refractivity contribution in [1.82, 2.24) is 0 Å². The van der Waals surface area contributed by atoms with Gasteiger partial charge in [-0.25, -0.2) is 9.18 Å². The highest BCUT2D eigenvalue weighted by molar-refractivity contribution is 6.39. The van der Waals surface area contributed by atoms with Crippen molar-refractivity contribution in [3.05, 3.63) is 23.5 Å². The lowest BCUT2D eigenvalue weighted by molar-refractivity contribution is -0.131. The number of hydrogen-bond donors (Lipinski definition) is 1. The van der Waals surface area contributed by atoms with Crippen LogP contribution in [0.2, 0.25) is 0 Å². The fourth-order valence-corrected chi connectivity index (χ4v) is 1.72. The first-order valence-electron chi connectivity index (χ1n) is 7.38. The van der Waals surface area contributed by atoms with E-state index in [4.69, 9.17) is 14.6 Å². The number of carboxylic acid groups (broad SMARTS) is 1. The van der Waals surface area contributed by atoms with E-state index in [0.717, 1.165) is 31.7 Å². The highest BCUT2D eigenvalue weighted by Crippen LogP contribution is 2.32. The third-order valence-corrected chi connectivity index (χ3v) is 2.97. The third-order valence-electron chi connectivity index (χ3n) is 2.97. The van der Waals surface area contributed by atoms with Crippen molar-refractivity contribution in [2.24, 2.45) is 0 Å². The van der Waals surface area contributed by atoms with Crippen molar-refractivity contribution in [2.75, 3.05) is 13.2 Å². The summed E-state index contributed by atoms with van der Waals surface area (Å²) in [6, 6.07) is 2.08. The molecule has 0 bridgehead atoms. The molecule has 1 aromatic carbocycles. The molecule has 0 unspecified atom stereocenters. The number of ether oxygens (including phenoxy) is 2. The zero-order valence-corrected chi connectivity index (χ0v) is 12.9. The van der Waals surface area contributed by atoms with E-state index < -0.39 is 17.6 Å². The number of unbranched alkanes of at least 4 members (excludes halogenated alkanes) is 2. The highest BCUT2D eigenvalue weighted by Gasteiger charge is 2.21. The lowest BCUT2D eigenvalue weighted by Gasteiger charge is -2.14. The van der Waals surface area contributed by atoms with Gasteiger partial charge in [0.2, 0.25) is 0 Å². The number of aliphatic carboxylic acids is 1. The normalized spacial score (nSPS) is 10.3. The minimum absolute atomic E-state index is 0.0640. The van der Waals surface area contributed by atoms with Crippen LogP contribution < -0.4 is 9.47 Å². The molecule has 0 aliphatic heterocycles. The number of benzene rings is 1. The molecule has 1 rings (SSSR count). The molecule has 0 aliphatic rings. The van der Waals surface area contributed by atoms with Crippen LogP contribution in [-0.2, 0) is 4.79 Å². The molecule has 5 nitrogen and oxygen atoms in total. The standard InChI is InChI=1S/C16H21FO5/c1-3-5-7-21-13-10-11(14(18)16(19)20)9-12(17)15(13)22-8-6-4-2/h9-10H,3-8H2,1-2H3,(H,19,20). The van der Waals surface area contributed by atoms with E-state index in [9.17, 15) is 14.0 Å². The van der Waals surface area contributed by atoms with Crippen molar-refractivity contribution >= 4 is 11.8 Å². The summed E-state index contributed by atoms with van der Waals surface area (Å²) < 4.78 is 24.9. The molecule has 1 aromatic rings. The summed E-state index contributed by atoms with van der Waals surface area (Å²) in [7, 11) is 0. The molecule has 0 fully saturated rings. The SMILES string of the molecule is CCCCOc1cc(C(=O)C(=O)O)cc(F)c1OCCCC. The van der Waals surface area contributed by atoms with Crippen LogP contribution in [-0.4, -0.2) is 30.1 Å². The molecule has 0 amide bonds. The van der Waals surface area contributed by atoms with E-state index in [2.05, 4.69) is 0 Å². The average molecular weight is 312 g/mol. The maximum Gasteiger partial charge on any atom is 0.377 e. The molecular formula is C16H21FO5. The summed E-state index contributed by atoms with van der Waals surface area (Å²) in [4.78, 5) is 22.2. The topological polar surface area (TPSA) is 72.8 Å². The van der Waals surface area contributed by atoms with Crippen molar-refractivity contribution in [3.63, 3.8) is 0 Å². The summed E-state index contributed by atoms with van der Waals surface area (Å²) in [6.07, 6.45) is 3.29. The first kappa shape index (κ1) is 17.9. The quantitative estimate of drug-likeness (QED) is 0.407. The van der Waals surface area contributed by atoms with Gasteiger partial charge >= 0.3 is 5.97 Å². The second-order valence-electron chi connectivity index (χ2n) is 4.82. The van der Waals surface area contributed by atoms with Crippen LogP contribution in [0.15, 0.2) is 12.1 Å². The lowest BCUT2D eigenvalue weighted by atomic mass is 10.1. The van der Waals surface area contributed by atoms with E-state index in [0.29, 0.717) is 13.2 Å². The fraction of sp³-hybridized carbons (Fsp3) is 0.500. The number of carbonyl (C=O) groups is 2. The van der Waals surface area contributed by atoms with Crippen LogP contribution in [0, 0.1) is 5.82 Å². The maximum atomic E-state index is 14.1. The van der Waals surface area contributed by atoms with E-state index in [1.165, 1.54) is 6.07 Å². The molecule has 0 spiro atoms. The summed E-state index contributed by atoms with van der Waals surface area (Å²) in [5.41, 5.74) is -0.265. The van der Waals surface area contributed by atoms with Crippen LogP contribution in [0.5, 0.6) is 11.5 Å². The Hall–Kier alpha value is -2.11. The third kappa shape index (κ3) is 5.02. The zero-order chi connectivity index (χ0) is 16.5. The molecule has 0 radical (unpaired) electrons. The molecule has 0 heterocycles. The van der Waals surface area contributed by atoms with Gasteiger partial charge in [-0.05, 0) is 25.0 Å². The van der Waals surface area contributed by atoms with Crippen molar-refractivity contribution in [1.29, 1.82) is 0 Å². The van der Waals surface area contributed by atoms with Crippen LogP contribution in [0.1, 0.15) is 49.9 Å². The molecular weight excluding hydrogens is 291 g/mol. The highest BCUT2D eigenvalue weighted by atomic mass is 19.1. The molecule has 0 aromatic heterocycles. The minimum Gasteiger partial charge on any atom is -0.490 e. The Balaban J connectivity index is 3.06. The molecule has 1 N–H and O–H groups in total. The van der Waals surface area contributed by atoms with Crippen molar-refractivity contribution < 1.29 is 28.6 Å². The Bertz CT molecular complexity index is 528. The zero-order valence-electron chi connectivity index (χ0n) is 12.9. The second-order valence-corrected chi connectivity index (χ2v) is 4.82. The van der Waals surface area contributed by atoms with Gasteiger partial charge in [-0.15, -0.1) is 0 Å². The summed E-state index contributed by atoms with van der Waals surface area (Å²) >= 11 is 0. The van der Waals surface area contributed by atoms with Gasteiger partial charge in [-0.2, -0.15) is 0 Å². The van der Waals surface area contributed by atoms with Gasteiger partial charge < -0.3 is 14.6 Å². The van der Waals surface area contributed by atoms with Gasteiger partial charge in [0.1, 0.15) is 0 Å². The molecule has 6 heteroatoms. The van der Waals surface area contributed by atoms with Crippen molar-refractivity contribution in [3.8, 4) is 11.5 Å². The fourth-order valence-electron chi connectivity index (χ4n) is 1.72. The molecule has 0 atom stereocenters. The van der Waals surface area contributed by atoms with E-state index in [-0.39, 0.29) is 17.1 Å². The van der Waals surface area contributed by atoms with E-state index in [1.807, 2.05) is 13.8 Å². The Kier molecular flexibility index (Phi) is 7.36. The molecule has 0 saturated heterocycles. The van der Waals surface area contributed by atoms with Crippen LogP contribution in [0.4, 0.5) is 4.39 Å². The number of hydrogen-bond acceptors (Lipinski definition) is 4. The van der Waals surface area contributed by atoms with E-state index >= 15 is 0 Å². The summed E-state index contributed by atoms with van der Waals surface area (Å²) in [5, 5.41) is 8.73. The van der Waals surface area contributed by atoms with Gasteiger partial charge in [-0.3, -0.25) is 4.79 Å². The van der Waals surface area contributed by atoms with Gasteiger partial charge in [0.25, 0.3) is 5.78 Å². The Morgan fingerprint density at radius 2 is 1.68 bits per heavy atom. The Morgan fingerprint density at radius 3 is 2.23 bits per heavy atom. The van der Waals surface area contributed by atoms with Gasteiger partial charge in [-0.1, -0.05) is 26.7 Å². The molecule has 22 heavy (non-hydrogen) atoms. The van der Waals surface area contributed by atoms with Gasteiger partial charge in [0.15, 0.2) is 17.3 Å². The Morgan fingerprint density at radius 1 is 1.09 bits per heavy atom. The molecule has 0 aliphatic carbocycles. The predicted molar refractivity (Wildman–Crippen MR) is 79.2 cm³/mol. The number of halogens is 1. The Labute approximate surface area is 129 Å². The first-order chi connectivity index (χ1) is 10.5. The summed E-state index contributed by atoms with van der Waals surface area (Å²) in [5.74, 6) is -3.63. The van der Waals surface area contributed by atoms with E-state index in [1.54, 1.807) is 0 Å². The monoisotopic (exact) mass is 312 g/mol. The minimum atomic E-state index is -1.64. The lowest BCUT2D eigenvalue weighted by Crippen LogP contribution is -2.14. The van der Waals surface area contributed by atoms with Crippen molar-refractivity contribution in [2.45, 2.75) is 39.5 Å². The summed E-state index contributed by atoms with van der Waals surface area (Å²) in [6.45, 7) is 4.62.